The third-order valence-electron chi connectivity index (χ3n) is 0.902. The van der Waals surface area contributed by atoms with Gasteiger partial charge in [0.2, 0.25) is 5.91 Å². The monoisotopic (exact) mass is 189 g/mol. The first kappa shape index (κ1) is 6.35. The molecule has 0 saturated heterocycles. The minimum absolute atomic E-state index is 0.220. The third kappa shape index (κ3) is 1.13. The molecule has 48 valence electrons. The highest BCUT2D eigenvalue weighted by atomic mass is 79.9. The number of aliphatic hydroxyl groups is 1. The van der Waals surface area contributed by atoms with Gasteiger partial charge >= 0.3 is 0 Å². The van der Waals surface area contributed by atoms with E-state index in [4.69, 9.17) is 5.11 Å². The Labute approximate surface area is 60.2 Å². The van der Waals surface area contributed by atoms with Gasteiger partial charge in [-0.05, 0) is 15.9 Å². The summed E-state index contributed by atoms with van der Waals surface area (Å²) in [6, 6.07) is 0. The van der Waals surface area contributed by atoms with E-state index in [0.29, 0.717) is 10.2 Å². The molecule has 0 bridgehead atoms. The second-order valence-corrected chi connectivity index (χ2v) is 2.38. The van der Waals surface area contributed by atoms with E-state index in [0.717, 1.165) is 6.26 Å². The first-order valence-electron chi connectivity index (χ1n) is 2.27. The molecule has 0 aromatic heterocycles. The van der Waals surface area contributed by atoms with Crippen LogP contribution in [0.1, 0.15) is 0 Å². The topological polar surface area (TPSA) is 49.3 Å². The van der Waals surface area contributed by atoms with E-state index in [-0.39, 0.29) is 5.91 Å². The van der Waals surface area contributed by atoms with Crippen LogP contribution in [0.4, 0.5) is 0 Å². The summed E-state index contributed by atoms with van der Waals surface area (Å²) in [7, 11) is 0. The molecule has 0 aliphatic carbocycles. The van der Waals surface area contributed by atoms with Crippen molar-refractivity contribution in [1.29, 1.82) is 0 Å². The Bertz CT molecular complexity index is 207. The van der Waals surface area contributed by atoms with E-state index >= 15 is 0 Å². The number of rotatable bonds is 0. The van der Waals surface area contributed by atoms with Crippen molar-refractivity contribution in [3.63, 3.8) is 0 Å². The molecule has 0 aromatic carbocycles. The Hall–Kier alpha value is -0.770. The molecule has 2 N–H and O–H groups in total. The lowest BCUT2D eigenvalue weighted by molar-refractivity contribution is -0.115. The SMILES string of the molecule is O=C1C=C(Br)/C(=C/O)N1. The molecule has 1 amide bonds. The van der Waals surface area contributed by atoms with Crippen molar-refractivity contribution in [1.82, 2.24) is 5.32 Å². The van der Waals surface area contributed by atoms with Gasteiger partial charge < -0.3 is 10.4 Å². The van der Waals surface area contributed by atoms with Crippen LogP contribution >= 0.6 is 15.9 Å². The Morgan fingerprint density at radius 3 is 2.67 bits per heavy atom. The summed E-state index contributed by atoms with van der Waals surface area (Å²) >= 11 is 3.05. The fourth-order valence-corrected chi connectivity index (χ4v) is 0.925. The lowest BCUT2D eigenvalue weighted by atomic mass is 10.5. The molecule has 1 rings (SSSR count). The van der Waals surface area contributed by atoms with Crippen molar-refractivity contribution in [3.05, 3.63) is 22.5 Å². The molecule has 0 radical (unpaired) electrons. The van der Waals surface area contributed by atoms with Crippen LogP contribution in [0.3, 0.4) is 0 Å². The van der Waals surface area contributed by atoms with Crippen LogP contribution in [0.25, 0.3) is 0 Å². The van der Waals surface area contributed by atoms with Crippen molar-refractivity contribution >= 4 is 21.8 Å². The maximum atomic E-state index is 10.5. The molecule has 3 nitrogen and oxygen atoms in total. The average Bonchev–Trinajstić information content (AvgIpc) is 2.10. The van der Waals surface area contributed by atoms with Gasteiger partial charge in [0.25, 0.3) is 0 Å². The van der Waals surface area contributed by atoms with E-state index in [1.54, 1.807) is 0 Å². The van der Waals surface area contributed by atoms with Crippen LogP contribution in [-0.2, 0) is 4.79 Å². The normalized spacial score (nSPS) is 22.1. The average molecular weight is 190 g/mol. The van der Waals surface area contributed by atoms with Gasteiger partial charge in [0.1, 0.15) is 6.26 Å². The fraction of sp³-hybridized carbons (Fsp3) is 0. The van der Waals surface area contributed by atoms with Gasteiger partial charge in [-0.3, -0.25) is 4.79 Å². The van der Waals surface area contributed by atoms with Crippen LogP contribution in [-0.4, -0.2) is 11.0 Å². The quantitative estimate of drug-likeness (QED) is 0.555. The van der Waals surface area contributed by atoms with Crippen LogP contribution in [0, 0.1) is 0 Å². The van der Waals surface area contributed by atoms with Crippen LogP contribution in [0.2, 0.25) is 0 Å². The van der Waals surface area contributed by atoms with Crippen molar-refractivity contribution < 1.29 is 9.90 Å². The largest absolute Gasteiger partial charge is 0.513 e. The zero-order valence-corrected chi connectivity index (χ0v) is 5.97. The van der Waals surface area contributed by atoms with Gasteiger partial charge in [-0.1, -0.05) is 0 Å². The minimum atomic E-state index is -0.220. The number of aliphatic hydroxyl groups excluding tert-OH is 1. The fourth-order valence-electron chi connectivity index (χ4n) is 0.515. The Morgan fingerprint density at radius 1 is 1.78 bits per heavy atom. The molecule has 0 aromatic rings. The molecule has 1 aliphatic rings. The number of carbonyl (C=O) groups is 1. The molecule has 1 aliphatic heterocycles. The second-order valence-electron chi connectivity index (χ2n) is 1.52. The first-order valence-corrected chi connectivity index (χ1v) is 3.06. The molecular formula is C5H4BrNO2. The second kappa shape index (κ2) is 2.23. The summed E-state index contributed by atoms with van der Waals surface area (Å²) in [5, 5.41) is 10.8. The number of carbonyl (C=O) groups excluding carboxylic acids is 1. The Balaban J connectivity index is 2.89. The lowest BCUT2D eigenvalue weighted by Crippen LogP contribution is -2.12. The highest BCUT2D eigenvalue weighted by molar-refractivity contribution is 9.12. The Kier molecular flexibility index (Phi) is 1.57. The van der Waals surface area contributed by atoms with Crippen LogP contribution < -0.4 is 5.32 Å². The van der Waals surface area contributed by atoms with E-state index in [1.165, 1.54) is 6.08 Å². The molecule has 0 saturated carbocycles. The maximum absolute atomic E-state index is 10.5. The van der Waals surface area contributed by atoms with Gasteiger partial charge in [0.15, 0.2) is 0 Å². The molecule has 1 heterocycles. The molecule has 4 heteroatoms. The number of allylic oxidation sites excluding steroid dienone is 1. The molecule has 9 heavy (non-hydrogen) atoms. The highest BCUT2D eigenvalue weighted by Gasteiger charge is 2.13. The Morgan fingerprint density at radius 2 is 2.44 bits per heavy atom. The van der Waals surface area contributed by atoms with Crippen molar-refractivity contribution in [2.75, 3.05) is 0 Å². The molecule has 0 spiro atoms. The van der Waals surface area contributed by atoms with E-state index in [1.807, 2.05) is 0 Å². The molecule has 0 atom stereocenters. The summed E-state index contributed by atoms with van der Waals surface area (Å²) in [6.45, 7) is 0. The summed E-state index contributed by atoms with van der Waals surface area (Å²) in [6.07, 6.45) is 2.19. The van der Waals surface area contributed by atoms with E-state index in [2.05, 4.69) is 21.2 Å². The van der Waals surface area contributed by atoms with Crippen molar-refractivity contribution in [2.45, 2.75) is 0 Å². The summed E-state index contributed by atoms with van der Waals surface area (Å²) < 4.78 is 0.579. The minimum Gasteiger partial charge on any atom is -0.513 e. The summed E-state index contributed by atoms with van der Waals surface area (Å²) in [4.78, 5) is 10.5. The standard InChI is InChI=1S/C5H4BrNO2/c6-3-1-5(9)7-4(3)2-8/h1-2,8H,(H,7,9)/b4-2-. The van der Waals surface area contributed by atoms with Crippen molar-refractivity contribution in [3.8, 4) is 0 Å². The third-order valence-corrected chi connectivity index (χ3v) is 1.56. The predicted molar refractivity (Wildman–Crippen MR) is 35.9 cm³/mol. The van der Waals surface area contributed by atoms with E-state index in [9.17, 15) is 4.79 Å². The summed E-state index contributed by atoms with van der Waals surface area (Å²) in [5.41, 5.74) is 0.403. The molecular weight excluding hydrogens is 186 g/mol. The van der Waals surface area contributed by atoms with Crippen molar-refractivity contribution in [2.24, 2.45) is 0 Å². The molecule has 0 fully saturated rings. The van der Waals surface area contributed by atoms with Crippen LogP contribution in [0.5, 0.6) is 0 Å². The first-order chi connectivity index (χ1) is 4.24. The zero-order chi connectivity index (χ0) is 6.85. The van der Waals surface area contributed by atoms with Gasteiger partial charge in [-0.15, -0.1) is 0 Å². The number of halogens is 1. The van der Waals surface area contributed by atoms with Crippen LogP contribution in [0.15, 0.2) is 22.5 Å². The smallest absolute Gasteiger partial charge is 0.249 e. The number of hydrogen-bond acceptors (Lipinski definition) is 2. The molecule has 0 unspecified atom stereocenters. The highest BCUT2D eigenvalue weighted by Crippen LogP contribution is 2.18. The van der Waals surface area contributed by atoms with E-state index < -0.39 is 0 Å². The zero-order valence-electron chi connectivity index (χ0n) is 4.39. The predicted octanol–water partition coefficient (Wildman–Crippen LogP) is 0.794. The van der Waals surface area contributed by atoms with Gasteiger partial charge in [-0.2, -0.15) is 0 Å². The number of nitrogens with one attached hydrogen (secondary N) is 1. The number of hydrogen-bond donors (Lipinski definition) is 2. The maximum Gasteiger partial charge on any atom is 0.249 e. The van der Waals surface area contributed by atoms with Gasteiger partial charge in [-0.25, -0.2) is 0 Å². The van der Waals surface area contributed by atoms with Gasteiger partial charge in [0, 0.05) is 10.6 Å². The lowest BCUT2D eigenvalue weighted by Gasteiger charge is -1.92. The number of amides is 1. The van der Waals surface area contributed by atoms with Gasteiger partial charge in [0.05, 0.1) is 5.70 Å². The summed E-state index contributed by atoms with van der Waals surface area (Å²) in [5.74, 6) is -0.220.